The van der Waals surface area contributed by atoms with Gasteiger partial charge in [0.2, 0.25) is 0 Å². The molecule has 0 aromatic carbocycles. The smallest absolute Gasteiger partial charge is 0.256 e. The highest BCUT2D eigenvalue weighted by Gasteiger charge is 2.32. The molecule has 2 fully saturated rings. The maximum absolute atomic E-state index is 13.1. The average Bonchev–Trinajstić information content (AvgIpc) is 3.36. The number of amides is 1. The van der Waals surface area contributed by atoms with Gasteiger partial charge in [0, 0.05) is 63.3 Å². The van der Waals surface area contributed by atoms with E-state index in [2.05, 4.69) is 20.4 Å². The number of rotatable bonds is 5. The molecule has 1 amide bonds. The van der Waals surface area contributed by atoms with Crippen molar-refractivity contribution in [3.63, 3.8) is 0 Å². The number of nitrogens with zero attached hydrogens (tertiary/aromatic N) is 4. The van der Waals surface area contributed by atoms with Crippen LogP contribution in [0.15, 0.2) is 33.9 Å². The first-order valence-corrected chi connectivity index (χ1v) is 10.4. The Morgan fingerprint density at radius 3 is 2.83 bits per heavy atom. The van der Waals surface area contributed by atoms with Gasteiger partial charge in [-0.1, -0.05) is 16.9 Å². The van der Waals surface area contributed by atoms with Crippen molar-refractivity contribution in [3.8, 4) is 0 Å². The molecule has 10 heteroatoms. The van der Waals surface area contributed by atoms with E-state index < -0.39 is 0 Å². The van der Waals surface area contributed by atoms with E-state index in [1.54, 1.807) is 6.20 Å². The summed E-state index contributed by atoms with van der Waals surface area (Å²) in [5, 5.41) is 8.16. The topological polar surface area (TPSA) is 74.5 Å². The van der Waals surface area contributed by atoms with Crippen LogP contribution >= 0.6 is 36.6 Å². The predicted molar refractivity (Wildman–Crippen MR) is 118 cm³/mol. The molecule has 2 aromatic heterocycles. The second kappa shape index (κ2) is 11.2. The van der Waals surface area contributed by atoms with E-state index in [1.807, 2.05) is 30.0 Å². The molecule has 1 atom stereocenters. The number of aryl methyl sites for hydroxylation is 1. The Morgan fingerprint density at radius 2 is 2.10 bits per heavy atom. The predicted octanol–water partition coefficient (Wildman–Crippen LogP) is 2.63. The number of halogens is 2. The molecule has 4 rings (SSSR count). The molecule has 29 heavy (non-hydrogen) atoms. The van der Waals surface area contributed by atoms with Crippen molar-refractivity contribution in [2.75, 3.05) is 39.3 Å². The lowest BCUT2D eigenvalue weighted by Crippen LogP contribution is -2.49. The normalized spacial score (nSPS) is 19.5. The van der Waals surface area contributed by atoms with E-state index in [1.165, 1.54) is 11.8 Å². The van der Waals surface area contributed by atoms with Crippen LogP contribution in [0.25, 0.3) is 0 Å². The zero-order chi connectivity index (χ0) is 18.6. The van der Waals surface area contributed by atoms with Gasteiger partial charge in [0.15, 0.2) is 0 Å². The van der Waals surface area contributed by atoms with Crippen LogP contribution in [0.1, 0.15) is 28.2 Å². The first kappa shape index (κ1) is 24.0. The molecule has 0 saturated carbocycles. The number of carbonyl (C=O) groups is 1. The highest BCUT2D eigenvalue weighted by atomic mass is 35.5. The van der Waals surface area contributed by atoms with Crippen LogP contribution in [0.4, 0.5) is 0 Å². The molecule has 4 heterocycles. The van der Waals surface area contributed by atoms with E-state index in [4.69, 9.17) is 4.52 Å². The van der Waals surface area contributed by atoms with Gasteiger partial charge in [-0.15, -0.1) is 24.8 Å². The summed E-state index contributed by atoms with van der Waals surface area (Å²) < 4.78 is 5.11. The maximum atomic E-state index is 13.1. The van der Waals surface area contributed by atoms with Crippen LogP contribution in [0.3, 0.4) is 0 Å². The second-order valence-electron chi connectivity index (χ2n) is 7.05. The lowest BCUT2D eigenvalue weighted by atomic mass is 10.2. The van der Waals surface area contributed by atoms with Crippen molar-refractivity contribution >= 4 is 42.5 Å². The molecule has 0 radical (unpaired) electrons. The Kier molecular flexibility index (Phi) is 9.23. The highest BCUT2D eigenvalue weighted by Crippen LogP contribution is 2.26. The highest BCUT2D eigenvalue weighted by molar-refractivity contribution is 7.98. The Bertz CT molecular complexity index is 800. The van der Waals surface area contributed by atoms with Gasteiger partial charge in [-0.05, 0) is 25.5 Å². The molecule has 160 valence electrons. The van der Waals surface area contributed by atoms with Crippen molar-refractivity contribution in [2.24, 2.45) is 0 Å². The molecule has 2 aromatic rings. The van der Waals surface area contributed by atoms with Crippen molar-refractivity contribution in [1.82, 2.24) is 25.3 Å². The van der Waals surface area contributed by atoms with E-state index in [0.717, 1.165) is 62.2 Å². The number of nitrogens with one attached hydrogen (secondary N) is 1. The molecule has 1 N–H and O–H groups in total. The molecule has 7 nitrogen and oxygen atoms in total. The summed E-state index contributed by atoms with van der Waals surface area (Å²) in [6.07, 6.45) is 2.79. The van der Waals surface area contributed by atoms with Crippen LogP contribution in [0, 0.1) is 6.92 Å². The Hall–Kier alpha value is -1.32. The van der Waals surface area contributed by atoms with Gasteiger partial charge in [-0.2, -0.15) is 0 Å². The third-order valence-corrected chi connectivity index (χ3v) is 6.19. The van der Waals surface area contributed by atoms with Crippen LogP contribution in [0.5, 0.6) is 0 Å². The van der Waals surface area contributed by atoms with Crippen LogP contribution in [-0.2, 0) is 5.75 Å². The Morgan fingerprint density at radius 1 is 1.31 bits per heavy atom. The standard InChI is InChI=1S/C19H25N5O2S.2ClH/c1-14-11-15(22-26-14)13-27-18-17(3-2-5-21-18)19(25)24-8-4-16(12-24)23-9-6-20-7-10-23;;/h2-3,5,11,16,20H,4,6-10,12-13H2,1H3;2*1H. The molecule has 0 aliphatic carbocycles. The zero-order valence-corrected chi connectivity index (χ0v) is 18.8. The van der Waals surface area contributed by atoms with Crippen LogP contribution < -0.4 is 5.32 Å². The molecule has 1 unspecified atom stereocenters. The summed E-state index contributed by atoms with van der Waals surface area (Å²) in [4.78, 5) is 22.0. The number of hydrogen-bond donors (Lipinski definition) is 1. The fraction of sp³-hybridized carbons (Fsp3) is 0.526. The zero-order valence-electron chi connectivity index (χ0n) is 16.4. The SMILES string of the molecule is Cc1cc(CSc2ncccc2C(=O)N2CCC(N3CCNCC3)C2)no1.Cl.Cl. The minimum atomic E-state index is 0. The van der Waals surface area contributed by atoms with Crippen molar-refractivity contribution in [3.05, 3.63) is 41.4 Å². The number of piperazine rings is 1. The summed E-state index contributed by atoms with van der Waals surface area (Å²) >= 11 is 1.53. The summed E-state index contributed by atoms with van der Waals surface area (Å²) in [5.74, 6) is 1.51. The molecule has 2 aliphatic rings. The van der Waals surface area contributed by atoms with E-state index in [9.17, 15) is 4.79 Å². The summed E-state index contributed by atoms with van der Waals surface area (Å²) in [7, 11) is 0. The minimum absolute atomic E-state index is 0. The third kappa shape index (κ3) is 5.86. The van der Waals surface area contributed by atoms with Gasteiger partial charge < -0.3 is 14.7 Å². The average molecular weight is 460 g/mol. The summed E-state index contributed by atoms with van der Waals surface area (Å²) in [6, 6.07) is 6.10. The maximum Gasteiger partial charge on any atom is 0.256 e. The molecule has 2 saturated heterocycles. The number of likely N-dealkylation sites (tertiary alicyclic amines) is 1. The van der Waals surface area contributed by atoms with Crippen LogP contribution in [-0.4, -0.2) is 71.2 Å². The first-order valence-electron chi connectivity index (χ1n) is 9.45. The largest absolute Gasteiger partial charge is 0.361 e. The first-order chi connectivity index (χ1) is 13.2. The fourth-order valence-corrected chi connectivity index (χ4v) is 4.61. The number of thioether (sulfide) groups is 1. The lowest BCUT2D eigenvalue weighted by Gasteiger charge is -2.32. The molecule has 2 aliphatic heterocycles. The molecular weight excluding hydrogens is 433 g/mol. The number of aromatic nitrogens is 2. The van der Waals surface area contributed by atoms with Crippen molar-refractivity contribution in [1.29, 1.82) is 0 Å². The Balaban J connectivity index is 0.00000150. The van der Waals surface area contributed by atoms with E-state index in [-0.39, 0.29) is 30.7 Å². The lowest BCUT2D eigenvalue weighted by molar-refractivity contribution is 0.0769. The molecule has 0 spiro atoms. The van der Waals surface area contributed by atoms with Gasteiger partial charge in [0.05, 0.1) is 11.3 Å². The van der Waals surface area contributed by atoms with Crippen LogP contribution in [0.2, 0.25) is 0 Å². The monoisotopic (exact) mass is 459 g/mol. The Labute approximate surface area is 187 Å². The van der Waals surface area contributed by atoms with Gasteiger partial charge in [-0.25, -0.2) is 4.98 Å². The van der Waals surface area contributed by atoms with Gasteiger partial charge in [0.1, 0.15) is 10.8 Å². The number of carbonyl (C=O) groups excluding carboxylic acids is 1. The second-order valence-corrected chi connectivity index (χ2v) is 8.02. The fourth-order valence-electron chi connectivity index (χ4n) is 3.74. The quantitative estimate of drug-likeness (QED) is 0.688. The third-order valence-electron chi connectivity index (χ3n) is 5.15. The summed E-state index contributed by atoms with van der Waals surface area (Å²) in [5.41, 5.74) is 1.55. The van der Waals surface area contributed by atoms with Gasteiger partial charge in [-0.3, -0.25) is 9.69 Å². The van der Waals surface area contributed by atoms with E-state index in [0.29, 0.717) is 17.4 Å². The van der Waals surface area contributed by atoms with Crippen molar-refractivity contribution in [2.45, 2.75) is 30.2 Å². The minimum Gasteiger partial charge on any atom is -0.361 e. The number of hydrogen-bond acceptors (Lipinski definition) is 7. The summed E-state index contributed by atoms with van der Waals surface area (Å²) in [6.45, 7) is 7.70. The molecular formula is C19H27Cl2N5O2S. The number of pyridine rings is 1. The molecule has 0 bridgehead atoms. The van der Waals surface area contributed by atoms with Gasteiger partial charge >= 0.3 is 0 Å². The van der Waals surface area contributed by atoms with E-state index >= 15 is 0 Å². The van der Waals surface area contributed by atoms with Crippen molar-refractivity contribution < 1.29 is 9.32 Å². The van der Waals surface area contributed by atoms with Gasteiger partial charge in [0.25, 0.3) is 5.91 Å².